The fourth-order valence-electron chi connectivity index (χ4n) is 2.24. The molecule has 0 amide bonds. The summed E-state index contributed by atoms with van der Waals surface area (Å²) in [5, 5.41) is 0. The number of nitrogens with two attached hydrogens (primary N) is 1. The molecular weight excluding hydrogens is 364 g/mol. The summed E-state index contributed by atoms with van der Waals surface area (Å²) < 4.78 is 32.3. The molecule has 27 heavy (non-hydrogen) atoms. The van der Waals surface area contributed by atoms with Gasteiger partial charge in [0.2, 0.25) is 5.95 Å². The molecule has 138 valence electrons. The van der Waals surface area contributed by atoms with E-state index in [1.54, 1.807) is 19.3 Å². The van der Waals surface area contributed by atoms with Crippen molar-refractivity contribution < 1.29 is 13.2 Å². The van der Waals surface area contributed by atoms with Crippen LogP contribution in [0.2, 0.25) is 0 Å². The minimum absolute atomic E-state index is 0.0105. The Morgan fingerprint density at radius 1 is 1.00 bits per heavy atom. The number of methoxy groups -OCH3 is 1. The molecule has 3 rings (SSSR count). The minimum Gasteiger partial charge on any atom is -0.497 e. The number of sulfonamides is 1. The van der Waals surface area contributed by atoms with Gasteiger partial charge in [0, 0.05) is 11.9 Å². The van der Waals surface area contributed by atoms with Crippen LogP contribution >= 0.6 is 0 Å². The molecule has 8 heteroatoms. The Morgan fingerprint density at radius 2 is 1.70 bits per heavy atom. The van der Waals surface area contributed by atoms with Crippen LogP contribution in [-0.4, -0.2) is 25.5 Å². The van der Waals surface area contributed by atoms with Gasteiger partial charge in [0.1, 0.15) is 5.75 Å². The van der Waals surface area contributed by atoms with Crippen molar-refractivity contribution in [1.82, 2.24) is 9.97 Å². The van der Waals surface area contributed by atoms with Crippen molar-refractivity contribution in [2.45, 2.75) is 4.90 Å². The van der Waals surface area contributed by atoms with E-state index in [1.165, 1.54) is 30.5 Å². The number of nitrogens with one attached hydrogen (secondary N) is 1. The Hall–Kier alpha value is -3.39. The van der Waals surface area contributed by atoms with Gasteiger partial charge in [-0.05, 0) is 54.1 Å². The predicted molar refractivity (Wildman–Crippen MR) is 106 cm³/mol. The zero-order valence-corrected chi connectivity index (χ0v) is 15.3. The highest BCUT2D eigenvalue weighted by atomic mass is 32.2. The van der Waals surface area contributed by atoms with Crippen molar-refractivity contribution >= 4 is 33.8 Å². The summed E-state index contributed by atoms with van der Waals surface area (Å²) in [5.74, 6) is 0.761. The van der Waals surface area contributed by atoms with Gasteiger partial charge in [-0.2, -0.15) is 0 Å². The van der Waals surface area contributed by atoms with Crippen LogP contribution in [-0.2, 0) is 10.0 Å². The number of nitrogen functional groups attached to an aromatic ring is 1. The molecule has 0 bridgehead atoms. The number of hydrogen-bond acceptors (Lipinski definition) is 6. The number of ether oxygens (including phenoxy) is 1. The summed E-state index contributed by atoms with van der Waals surface area (Å²) in [6.45, 7) is 0. The maximum atomic E-state index is 12.4. The summed E-state index contributed by atoms with van der Waals surface area (Å²) in [6.07, 6.45) is 5.12. The van der Waals surface area contributed by atoms with Crippen LogP contribution in [0.5, 0.6) is 5.75 Å². The highest BCUT2D eigenvalue weighted by Crippen LogP contribution is 2.16. The van der Waals surface area contributed by atoms with Gasteiger partial charge in [0.05, 0.1) is 17.7 Å². The first-order valence-electron chi connectivity index (χ1n) is 8.00. The molecule has 7 nitrogen and oxygen atoms in total. The normalized spacial score (nSPS) is 11.4. The molecule has 1 aromatic heterocycles. The maximum absolute atomic E-state index is 12.4. The van der Waals surface area contributed by atoms with E-state index in [1.807, 2.05) is 30.3 Å². The quantitative estimate of drug-likeness (QED) is 0.635. The van der Waals surface area contributed by atoms with Gasteiger partial charge >= 0.3 is 0 Å². The highest BCUT2D eigenvalue weighted by molar-refractivity contribution is 7.92. The fourth-order valence-corrected chi connectivity index (χ4v) is 3.19. The van der Waals surface area contributed by atoms with E-state index in [0.717, 1.165) is 11.3 Å². The molecule has 3 N–H and O–H groups in total. The average molecular weight is 382 g/mol. The molecule has 0 aliphatic heterocycles. The van der Waals surface area contributed by atoms with E-state index in [4.69, 9.17) is 10.5 Å². The van der Waals surface area contributed by atoms with Gasteiger partial charge < -0.3 is 10.5 Å². The molecule has 3 aromatic rings. The summed E-state index contributed by atoms with van der Waals surface area (Å²) in [4.78, 5) is 8.26. The van der Waals surface area contributed by atoms with Crippen LogP contribution < -0.4 is 15.2 Å². The van der Waals surface area contributed by atoms with Gasteiger partial charge in [-0.1, -0.05) is 18.2 Å². The van der Waals surface area contributed by atoms with E-state index in [0.29, 0.717) is 11.4 Å². The SMILES string of the molecule is COc1ccc(C=Cc2ccnc(NS(=O)(=O)c3ccc(N)cc3)n2)cc1. The summed E-state index contributed by atoms with van der Waals surface area (Å²) in [6, 6.07) is 15.1. The number of nitrogens with zero attached hydrogens (tertiary/aromatic N) is 2. The van der Waals surface area contributed by atoms with Crippen LogP contribution in [0.25, 0.3) is 12.2 Å². The van der Waals surface area contributed by atoms with Crippen LogP contribution in [0.3, 0.4) is 0 Å². The smallest absolute Gasteiger partial charge is 0.264 e. The molecule has 0 unspecified atom stereocenters. The van der Waals surface area contributed by atoms with Crippen molar-refractivity contribution in [2.24, 2.45) is 0 Å². The molecule has 2 aromatic carbocycles. The largest absolute Gasteiger partial charge is 0.497 e. The van der Waals surface area contributed by atoms with E-state index < -0.39 is 10.0 Å². The standard InChI is InChI=1S/C19H18N4O3S/c1-26-17-8-3-14(4-9-17)2-7-16-12-13-21-19(22-16)23-27(24,25)18-10-5-15(20)6-11-18/h2-13H,20H2,1H3,(H,21,22,23). The third-order valence-corrected chi connectivity index (χ3v) is 5.00. The van der Waals surface area contributed by atoms with Gasteiger partial charge in [-0.3, -0.25) is 0 Å². The lowest BCUT2D eigenvalue weighted by Gasteiger charge is -2.07. The molecular formula is C19H18N4O3S. The first-order chi connectivity index (χ1) is 13.0. The molecule has 0 atom stereocenters. The van der Waals surface area contributed by atoms with Crippen molar-refractivity contribution in [3.05, 3.63) is 72.1 Å². The Labute approximate surface area is 157 Å². The summed E-state index contributed by atoms with van der Waals surface area (Å²) >= 11 is 0. The Bertz CT molecular complexity index is 1050. The molecule has 0 spiro atoms. The molecule has 0 saturated heterocycles. The first kappa shape index (κ1) is 18.4. The number of aromatic nitrogens is 2. The third-order valence-electron chi connectivity index (χ3n) is 3.66. The second-order valence-corrected chi connectivity index (χ2v) is 7.27. The summed E-state index contributed by atoms with van der Waals surface area (Å²) in [7, 11) is -2.18. The first-order valence-corrected chi connectivity index (χ1v) is 9.48. The van der Waals surface area contributed by atoms with Gasteiger partial charge in [0.15, 0.2) is 0 Å². The Balaban J connectivity index is 1.76. The Morgan fingerprint density at radius 3 is 2.37 bits per heavy atom. The third kappa shape index (κ3) is 4.83. The van der Waals surface area contributed by atoms with Crippen LogP contribution in [0.4, 0.5) is 11.6 Å². The Kier molecular flexibility index (Phi) is 5.37. The van der Waals surface area contributed by atoms with E-state index >= 15 is 0 Å². The topological polar surface area (TPSA) is 107 Å². The fraction of sp³-hybridized carbons (Fsp3) is 0.0526. The zero-order chi connectivity index (χ0) is 19.3. The molecule has 0 saturated carbocycles. The second kappa shape index (κ2) is 7.88. The van der Waals surface area contributed by atoms with Gasteiger partial charge in [0.25, 0.3) is 10.0 Å². The minimum atomic E-state index is -3.79. The lowest BCUT2D eigenvalue weighted by Crippen LogP contribution is -2.15. The van der Waals surface area contributed by atoms with E-state index in [-0.39, 0.29) is 10.8 Å². The van der Waals surface area contributed by atoms with Crippen LogP contribution in [0, 0.1) is 0 Å². The maximum Gasteiger partial charge on any atom is 0.264 e. The van der Waals surface area contributed by atoms with Crippen LogP contribution in [0.1, 0.15) is 11.3 Å². The molecule has 0 fully saturated rings. The summed E-state index contributed by atoms with van der Waals surface area (Å²) in [5.41, 5.74) is 7.59. The monoisotopic (exact) mass is 382 g/mol. The van der Waals surface area contributed by atoms with E-state index in [2.05, 4.69) is 14.7 Å². The van der Waals surface area contributed by atoms with Gasteiger partial charge in [-0.25, -0.2) is 23.1 Å². The van der Waals surface area contributed by atoms with Crippen molar-refractivity contribution in [3.63, 3.8) is 0 Å². The zero-order valence-electron chi connectivity index (χ0n) is 14.5. The number of anilines is 2. The molecule has 1 heterocycles. The lowest BCUT2D eigenvalue weighted by atomic mass is 10.2. The molecule has 0 radical (unpaired) electrons. The van der Waals surface area contributed by atoms with Crippen molar-refractivity contribution in [1.29, 1.82) is 0 Å². The molecule has 0 aliphatic carbocycles. The number of hydrogen-bond donors (Lipinski definition) is 2. The second-order valence-electron chi connectivity index (χ2n) is 5.59. The lowest BCUT2D eigenvalue weighted by molar-refractivity contribution is 0.415. The number of rotatable bonds is 6. The van der Waals surface area contributed by atoms with Crippen molar-refractivity contribution in [2.75, 3.05) is 17.6 Å². The highest BCUT2D eigenvalue weighted by Gasteiger charge is 2.15. The van der Waals surface area contributed by atoms with E-state index in [9.17, 15) is 8.42 Å². The average Bonchev–Trinajstić information content (AvgIpc) is 2.67. The predicted octanol–water partition coefficient (Wildman–Crippen LogP) is 3.04. The number of benzene rings is 2. The van der Waals surface area contributed by atoms with Crippen LogP contribution in [0.15, 0.2) is 65.7 Å². The van der Waals surface area contributed by atoms with Crippen molar-refractivity contribution in [3.8, 4) is 5.75 Å². The van der Waals surface area contributed by atoms with Gasteiger partial charge in [-0.15, -0.1) is 0 Å². The molecule has 0 aliphatic rings.